The van der Waals surface area contributed by atoms with Crippen LogP contribution in [0.1, 0.15) is 12.8 Å². The topological polar surface area (TPSA) is 35.2 Å². The van der Waals surface area contributed by atoms with Gasteiger partial charge in [-0.1, -0.05) is 12.2 Å². The quantitative estimate of drug-likeness (QED) is 0.297. The Labute approximate surface area is 105 Å². The minimum atomic E-state index is -2.22. The van der Waals surface area contributed by atoms with Gasteiger partial charge in [-0.05, 0) is 6.42 Å². The molecule has 0 radical (unpaired) electrons. The Hall–Kier alpha value is -1.44. The number of thiocarbonyl (C=S) groups is 1. The largest absolute Gasteiger partial charge is 0.487 e. The van der Waals surface area contributed by atoms with Crippen LogP contribution in [0.3, 0.4) is 0 Å². The van der Waals surface area contributed by atoms with Crippen LogP contribution in [0.15, 0.2) is 0 Å². The molecule has 2 nitrogen and oxygen atoms in total. The van der Waals surface area contributed by atoms with E-state index >= 15 is 0 Å². The maximum atomic E-state index is 13.1. The summed E-state index contributed by atoms with van der Waals surface area (Å²) in [5.41, 5.74) is 5.16. The van der Waals surface area contributed by atoms with Gasteiger partial charge in [0.25, 0.3) is 0 Å². The number of hydrogen-bond acceptors (Lipinski definition) is 2. The zero-order valence-corrected chi connectivity index (χ0v) is 9.72. The standard InChI is InChI=1S/C10H8F5NOS/c11-5-6(12)8(14)10(9(15)7(5)13)17-3-1-2-4(16)18/h1-3H2,(H2,16,18). The molecule has 0 unspecified atom stereocenters. The second-order valence-electron chi connectivity index (χ2n) is 3.32. The molecule has 0 atom stereocenters. The molecular weight excluding hydrogens is 277 g/mol. The summed E-state index contributed by atoms with van der Waals surface area (Å²) in [5, 5.41) is 0. The molecule has 0 aliphatic heterocycles. The van der Waals surface area contributed by atoms with E-state index in [2.05, 4.69) is 17.0 Å². The van der Waals surface area contributed by atoms with Gasteiger partial charge in [0.15, 0.2) is 5.75 Å². The Morgan fingerprint density at radius 3 is 1.83 bits per heavy atom. The average Bonchev–Trinajstić information content (AvgIpc) is 2.32. The van der Waals surface area contributed by atoms with Crippen molar-refractivity contribution < 1.29 is 26.7 Å². The summed E-state index contributed by atoms with van der Waals surface area (Å²) in [6.45, 7) is -0.268. The average molecular weight is 285 g/mol. The predicted molar refractivity (Wildman–Crippen MR) is 57.7 cm³/mol. The van der Waals surface area contributed by atoms with Crippen molar-refractivity contribution in [2.24, 2.45) is 5.73 Å². The summed E-state index contributed by atoms with van der Waals surface area (Å²) >= 11 is 4.54. The van der Waals surface area contributed by atoms with Crippen molar-refractivity contribution in [1.82, 2.24) is 0 Å². The number of rotatable bonds is 5. The molecule has 1 rings (SSSR count). The molecule has 0 fully saturated rings. The number of hydrogen-bond donors (Lipinski definition) is 1. The Bertz CT molecular complexity index is 451. The lowest BCUT2D eigenvalue weighted by atomic mass is 10.2. The molecule has 0 heterocycles. The van der Waals surface area contributed by atoms with E-state index in [9.17, 15) is 22.0 Å². The van der Waals surface area contributed by atoms with Crippen molar-refractivity contribution in [2.45, 2.75) is 12.8 Å². The lowest BCUT2D eigenvalue weighted by Gasteiger charge is -2.09. The van der Waals surface area contributed by atoms with Crippen LogP contribution in [0.25, 0.3) is 0 Å². The van der Waals surface area contributed by atoms with Gasteiger partial charge in [-0.25, -0.2) is 13.2 Å². The Morgan fingerprint density at radius 2 is 1.39 bits per heavy atom. The van der Waals surface area contributed by atoms with E-state index < -0.39 is 34.8 Å². The first-order chi connectivity index (χ1) is 8.36. The molecule has 8 heteroatoms. The van der Waals surface area contributed by atoms with E-state index in [1.54, 1.807) is 0 Å². The molecule has 2 N–H and O–H groups in total. The van der Waals surface area contributed by atoms with Gasteiger partial charge in [0, 0.05) is 6.42 Å². The summed E-state index contributed by atoms with van der Waals surface area (Å²) in [7, 11) is 0. The molecule has 100 valence electrons. The van der Waals surface area contributed by atoms with Gasteiger partial charge in [0.2, 0.25) is 29.1 Å². The van der Waals surface area contributed by atoms with Gasteiger partial charge < -0.3 is 10.5 Å². The van der Waals surface area contributed by atoms with Gasteiger partial charge in [-0.2, -0.15) is 8.78 Å². The predicted octanol–water partition coefficient (Wildman–Crippen LogP) is 2.83. The lowest BCUT2D eigenvalue weighted by molar-refractivity contribution is 0.260. The van der Waals surface area contributed by atoms with E-state index in [0.29, 0.717) is 0 Å². The van der Waals surface area contributed by atoms with E-state index in [1.807, 2.05) is 0 Å². The third-order valence-corrected chi connectivity index (χ3v) is 2.19. The van der Waals surface area contributed by atoms with Gasteiger partial charge in [0.1, 0.15) is 0 Å². The molecule has 0 saturated carbocycles. The monoisotopic (exact) mass is 285 g/mol. The van der Waals surface area contributed by atoms with Crippen molar-refractivity contribution >= 4 is 17.2 Å². The second kappa shape index (κ2) is 5.94. The van der Waals surface area contributed by atoms with Crippen molar-refractivity contribution in [3.8, 4) is 5.75 Å². The molecule has 0 saturated heterocycles. The third-order valence-electron chi connectivity index (χ3n) is 1.98. The van der Waals surface area contributed by atoms with E-state index in [0.717, 1.165) is 0 Å². The van der Waals surface area contributed by atoms with Crippen molar-refractivity contribution in [3.05, 3.63) is 29.1 Å². The van der Waals surface area contributed by atoms with Crippen LogP contribution >= 0.6 is 12.2 Å². The number of ether oxygens (including phenoxy) is 1. The maximum Gasteiger partial charge on any atom is 0.206 e. The zero-order chi connectivity index (χ0) is 13.9. The van der Waals surface area contributed by atoms with Crippen molar-refractivity contribution in [1.29, 1.82) is 0 Å². The Kier molecular flexibility index (Phi) is 4.83. The fourth-order valence-corrected chi connectivity index (χ4v) is 1.28. The first-order valence-corrected chi connectivity index (χ1v) is 5.19. The summed E-state index contributed by atoms with van der Waals surface area (Å²) in [6.07, 6.45) is 0.444. The van der Waals surface area contributed by atoms with Crippen LogP contribution in [0, 0.1) is 29.1 Å². The molecule has 18 heavy (non-hydrogen) atoms. The first-order valence-electron chi connectivity index (χ1n) is 4.78. The van der Waals surface area contributed by atoms with E-state index in [-0.39, 0.29) is 24.4 Å². The SMILES string of the molecule is NC(=S)CCCOc1c(F)c(F)c(F)c(F)c1F. The summed E-state index contributed by atoms with van der Waals surface area (Å²) in [5.74, 6) is -11.6. The summed E-state index contributed by atoms with van der Waals surface area (Å²) < 4.78 is 68.9. The minimum Gasteiger partial charge on any atom is -0.487 e. The van der Waals surface area contributed by atoms with Crippen LogP contribution in [0.4, 0.5) is 22.0 Å². The fraction of sp³-hybridized carbons (Fsp3) is 0.300. The minimum absolute atomic E-state index is 0.163. The lowest BCUT2D eigenvalue weighted by Crippen LogP contribution is -2.11. The highest BCUT2D eigenvalue weighted by molar-refractivity contribution is 7.80. The number of halogens is 5. The second-order valence-corrected chi connectivity index (χ2v) is 3.84. The van der Waals surface area contributed by atoms with Crippen LogP contribution in [0.5, 0.6) is 5.75 Å². The fourth-order valence-electron chi connectivity index (χ4n) is 1.13. The molecule has 0 amide bonds. The smallest absolute Gasteiger partial charge is 0.206 e. The molecule has 1 aromatic carbocycles. The normalized spacial score (nSPS) is 10.5. The first kappa shape index (κ1) is 14.6. The molecule has 0 aliphatic rings. The molecular formula is C10H8F5NOS. The highest BCUT2D eigenvalue weighted by atomic mass is 32.1. The molecule has 0 aliphatic carbocycles. The van der Waals surface area contributed by atoms with Crippen molar-refractivity contribution in [3.63, 3.8) is 0 Å². The zero-order valence-electron chi connectivity index (χ0n) is 8.90. The molecule has 0 spiro atoms. The third kappa shape index (κ3) is 3.06. The highest BCUT2D eigenvalue weighted by Crippen LogP contribution is 2.29. The highest BCUT2D eigenvalue weighted by Gasteiger charge is 2.26. The maximum absolute atomic E-state index is 13.1. The van der Waals surface area contributed by atoms with Gasteiger partial charge >= 0.3 is 0 Å². The van der Waals surface area contributed by atoms with Gasteiger partial charge in [-0.15, -0.1) is 0 Å². The van der Waals surface area contributed by atoms with E-state index in [4.69, 9.17) is 5.73 Å². The molecule has 0 aromatic heterocycles. The number of benzene rings is 1. The summed E-state index contributed by atoms with van der Waals surface area (Å²) in [4.78, 5) is 0.163. The van der Waals surface area contributed by atoms with Crippen LogP contribution in [-0.4, -0.2) is 11.6 Å². The Balaban J connectivity index is 2.86. The van der Waals surface area contributed by atoms with Gasteiger partial charge in [0.05, 0.1) is 11.6 Å². The van der Waals surface area contributed by atoms with E-state index in [1.165, 1.54) is 0 Å². The van der Waals surface area contributed by atoms with Crippen molar-refractivity contribution in [2.75, 3.05) is 6.61 Å². The van der Waals surface area contributed by atoms with Gasteiger partial charge in [-0.3, -0.25) is 0 Å². The molecule has 1 aromatic rings. The summed E-state index contributed by atoms with van der Waals surface area (Å²) in [6, 6.07) is 0. The Morgan fingerprint density at radius 1 is 0.944 bits per heavy atom. The van der Waals surface area contributed by atoms with Crippen LogP contribution in [-0.2, 0) is 0 Å². The van der Waals surface area contributed by atoms with Crippen LogP contribution < -0.4 is 10.5 Å². The number of nitrogens with two attached hydrogens (primary N) is 1. The van der Waals surface area contributed by atoms with Crippen LogP contribution in [0.2, 0.25) is 0 Å². The molecule has 0 bridgehead atoms.